The molecule has 0 saturated heterocycles. The Kier molecular flexibility index (Phi) is 7.90. The highest BCUT2D eigenvalue weighted by Gasteiger charge is 2.14. The Bertz CT molecular complexity index is 902. The molecular formula is C21H21BrN2O4. The third-order valence-electron chi connectivity index (χ3n) is 3.64. The standard InChI is InChI=1S/C21H21BrN2O4/c1-4-27-17-8-6-16(7-9-17)24-21(25)15(13-23)10-14-11-18(22)20(26-3)19(12-14)28-5-2/h6-12H,4-5H2,1-3H3,(H,24,25)/b15-10-. The van der Waals surface area contributed by atoms with Gasteiger partial charge in [0.15, 0.2) is 11.5 Å². The van der Waals surface area contributed by atoms with Crippen molar-refractivity contribution in [3.63, 3.8) is 0 Å². The number of anilines is 1. The molecule has 7 heteroatoms. The first-order valence-corrected chi connectivity index (χ1v) is 9.48. The van der Waals surface area contributed by atoms with Crippen molar-refractivity contribution in [1.29, 1.82) is 5.26 Å². The molecule has 0 aromatic heterocycles. The number of halogens is 1. The summed E-state index contributed by atoms with van der Waals surface area (Å²) in [5.41, 5.74) is 1.17. The van der Waals surface area contributed by atoms with Crippen molar-refractivity contribution in [2.24, 2.45) is 0 Å². The minimum absolute atomic E-state index is 0.0339. The zero-order chi connectivity index (χ0) is 20.5. The van der Waals surface area contributed by atoms with Crippen LogP contribution in [-0.4, -0.2) is 26.2 Å². The van der Waals surface area contributed by atoms with E-state index in [1.54, 1.807) is 43.5 Å². The highest BCUT2D eigenvalue weighted by molar-refractivity contribution is 9.10. The molecule has 2 aromatic carbocycles. The summed E-state index contributed by atoms with van der Waals surface area (Å²) in [6.07, 6.45) is 1.50. The smallest absolute Gasteiger partial charge is 0.266 e. The zero-order valence-corrected chi connectivity index (χ0v) is 17.5. The molecule has 0 aliphatic heterocycles. The van der Waals surface area contributed by atoms with E-state index in [1.165, 1.54) is 6.08 Å². The van der Waals surface area contributed by atoms with Gasteiger partial charge in [-0.15, -0.1) is 0 Å². The molecule has 0 radical (unpaired) electrons. The van der Waals surface area contributed by atoms with E-state index in [0.717, 1.165) is 0 Å². The summed E-state index contributed by atoms with van der Waals surface area (Å²) in [5, 5.41) is 12.1. The fourth-order valence-electron chi connectivity index (χ4n) is 2.45. The van der Waals surface area contributed by atoms with Crippen LogP contribution in [0.25, 0.3) is 6.08 Å². The van der Waals surface area contributed by atoms with Crippen LogP contribution in [0.4, 0.5) is 5.69 Å². The van der Waals surface area contributed by atoms with E-state index in [9.17, 15) is 10.1 Å². The Balaban J connectivity index is 2.25. The van der Waals surface area contributed by atoms with Crippen LogP contribution in [0.5, 0.6) is 17.2 Å². The maximum atomic E-state index is 12.5. The lowest BCUT2D eigenvalue weighted by atomic mass is 10.1. The van der Waals surface area contributed by atoms with E-state index in [4.69, 9.17) is 14.2 Å². The van der Waals surface area contributed by atoms with Gasteiger partial charge in [0.1, 0.15) is 17.4 Å². The second-order valence-corrected chi connectivity index (χ2v) is 6.40. The lowest BCUT2D eigenvalue weighted by molar-refractivity contribution is -0.112. The molecule has 0 aliphatic rings. The Morgan fingerprint density at radius 1 is 1.18 bits per heavy atom. The predicted octanol–water partition coefficient (Wildman–Crippen LogP) is 4.80. The van der Waals surface area contributed by atoms with Gasteiger partial charge in [0, 0.05) is 5.69 Å². The van der Waals surface area contributed by atoms with E-state index in [0.29, 0.717) is 46.2 Å². The molecule has 2 rings (SSSR count). The molecule has 0 saturated carbocycles. The van der Waals surface area contributed by atoms with Crippen LogP contribution in [-0.2, 0) is 4.79 Å². The topological polar surface area (TPSA) is 80.6 Å². The summed E-state index contributed by atoms with van der Waals surface area (Å²) in [7, 11) is 1.54. The fourth-order valence-corrected chi connectivity index (χ4v) is 3.07. The van der Waals surface area contributed by atoms with Gasteiger partial charge in [-0.3, -0.25) is 4.79 Å². The number of carbonyl (C=O) groups is 1. The fraction of sp³-hybridized carbons (Fsp3) is 0.238. The number of methoxy groups -OCH3 is 1. The first-order chi connectivity index (χ1) is 13.5. The Morgan fingerprint density at radius 3 is 2.43 bits per heavy atom. The maximum Gasteiger partial charge on any atom is 0.266 e. The van der Waals surface area contributed by atoms with E-state index in [2.05, 4.69) is 21.2 Å². The molecule has 0 heterocycles. The van der Waals surface area contributed by atoms with Crippen LogP contribution in [0.2, 0.25) is 0 Å². The number of nitriles is 1. The number of amides is 1. The van der Waals surface area contributed by atoms with Crippen molar-refractivity contribution in [2.75, 3.05) is 25.6 Å². The average Bonchev–Trinajstić information content (AvgIpc) is 2.68. The third-order valence-corrected chi connectivity index (χ3v) is 4.22. The van der Waals surface area contributed by atoms with Gasteiger partial charge in [-0.2, -0.15) is 5.26 Å². The van der Waals surface area contributed by atoms with E-state index < -0.39 is 5.91 Å². The minimum atomic E-state index is -0.503. The van der Waals surface area contributed by atoms with E-state index in [-0.39, 0.29) is 5.57 Å². The molecule has 146 valence electrons. The quantitative estimate of drug-likeness (QED) is 0.467. The van der Waals surface area contributed by atoms with Crippen LogP contribution in [0.3, 0.4) is 0 Å². The summed E-state index contributed by atoms with van der Waals surface area (Å²) < 4.78 is 16.9. The Hall–Kier alpha value is -2.98. The first-order valence-electron chi connectivity index (χ1n) is 8.68. The SMILES string of the molecule is CCOc1ccc(NC(=O)/C(C#N)=C\c2cc(Br)c(OC)c(OCC)c2)cc1. The molecule has 6 nitrogen and oxygen atoms in total. The molecule has 2 aromatic rings. The van der Waals surface area contributed by atoms with Crippen molar-refractivity contribution in [3.8, 4) is 23.3 Å². The zero-order valence-electron chi connectivity index (χ0n) is 15.9. The number of rotatable bonds is 8. The van der Waals surface area contributed by atoms with Gasteiger partial charge in [-0.25, -0.2) is 0 Å². The number of benzene rings is 2. The second-order valence-electron chi connectivity index (χ2n) is 5.55. The minimum Gasteiger partial charge on any atom is -0.494 e. The Morgan fingerprint density at radius 2 is 1.86 bits per heavy atom. The largest absolute Gasteiger partial charge is 0.494 e. The van der Waals surface area contributed by atoms with Gasteiger partial charge < -0.3 is 19.5 Å². The molecule has 0 atom stereocenters. The number of hydrogen-bond donors (Lipinski definition) is 1. The van der Waals surface area contributed by atoms with Crippen LogP contribution in [0, 0.1) is 11.3 Å². The number of nitrogens with zero attached hydrogens (tertiary/aromatic N) is 1. The monoisotopic (exact) mass is 444 g/mol. The van der Waals surface area contributed by atoms with Crippen LogP contribution in [0.1, 0.15) is 19.4 Å². The molecule has 0 fully saturated rings. The highest BCUT2D eigenvalue weighted by atomic mass is 79.9. The van der Waals surface area contributed by atoms with Gasteiger partial charge in [-0.05, 0) is 77.8 Å². The van der Waals surface area contributed by atoms with Gasteiger partial charge in [-0.1, -0.05) is 0 Å². The van der Waals surface area contributed by atoms with Crippen molar-refractivity contribution in [3.05, 3.63) is 52.0 Å². The molecule has 0 spiro atoms. The summed E-state index contributed by atoms with van der Waals surface area (Å²) in [4.78, 5) is 12.5. The van der Waals surface area contributed by atoms with Gasteiger partial charge in [0.2, 0.25) is 0 Å². The van der Waals surface area contributed by atoms with Crippen LogP contribution in [0.15, 0.2) is 46.4 Å². The van der Waals surface area contributed by atoms with Gasteiger partial charge in [0.05, 0.1) is 24.8 Å². The molecule has 0 aliphatic carbocycles. The molecule has 0 unspecified atom stereocenters. The number of nitrogens with one attached hydrogen (secondary N) is 1. The highest BCUT2D eigenvalue weighted by Crippen LogP contribution is 2.37. The summed E-state index contributed by atoms with van der Waals surface area (Å²) in [6, 6.07) is 12.4. The average molecular weight is 445 g/mol. The number of carbonyl (C=O) groups excluding carboxylic acids is 1. The molecule has 1 N–H and O–H groups in total. The van der Waals surface area contributed by atoms with Crippen molar-refractivity contribution >= 4 is 33.6 Å². The lowest BCUT2D eigenvalue weighted by Gasteiger charge is -2.12. The van der Waals surface area contributed by atoms with Gasteiger partial charge >= 0.3 is 0 Å². The molecular weight excluding hydrogens is 424 g/mol. The van der Waals surface area contributed by atoms with Crippen LogP contribution >= 0.6 is 15.9 Å². The Labute approximate surface area is 172 Å². The maximum absolute atomic E-state index is 12.5. The summed E-state index contributed by atoms with van der Waals surface area (Å²) >= 11 is 3.42. The molecule has 28 heavy (non-hydrogen) atoms. The van der Waals surface area contributed by atoms with Crippen molar-refractivity contribution < 1.29 is 19.0 Å². The lowest BCUT2D eigenvalue weighted by Crippen LogP contribution is -2.13. The van der Waals surface area contributed by atoms with Gasteiger partial charge in [0.25, 0.3) is 5.91 Å². The predicted molar refractivity (Wildman–Crippen MR) is 112 cm³/mol. The summed E-state index contributed by atoms with van der Waals surface area (Å²) in [6.45, 7) is 4.78. The van der Waals surface area contributed by atoms with E-state index in [1.807, 2.05) is 19.9 Å². The summed E-state index contributed by atoms with van der Waals surface area (Å²) in [5.74, 6) is 1.28. The normalized spacial score (nSPS) is 10.8. The van der Waals surface area contributed by atoms with Crippen molar-refractivity contribution in [1.82, 2.24) is 0 Å². The van der Waals surface area contributed by atoms with Crippen molar-refractivity contribution in [2.45, 2.75) is 13.8 Å². The third kappa shape index (κ3) is 5.51. The van der Waals surface area contributed by atoms with E-state index >= 15 is 0 Å². The molecule has 1 amide bonds. The number of ether oxygens (including phenoxy) is 3. The number of hydrogen-bond acceptors (Lipinski definition) is 5. The van der Waals surface area contributed by atoms with Crippen LogP contribution < -0.4 is 19.5 Å². The second kappa shape index (κ2) is 10.4. The molecule has 0 bridgehead atoms. The first kappa shape index (κ1) is 21.3.